The molecular formula is C13H10Cl2N2O2. The van der Waals surface area contributed by atoms with Crippen LogP contribution in [0.1, 0.15) is 15.9 Å². The van der Waals surface area contributed by atoms with E-state index in [4.69, 9.17) is 23.2 Å². The zero-order chi connectivity index (χ0) is 14.0. The van der Waals surface area contributed by atoms with Gasteiger partial charge in [-0.15, -0.1) is 0 Å². The van der Waals surface area contributed by atoms with Gasteiger partial charge in [0.25, 0.3) is 5.91 Å². The van der Waals surface area contributed by atoms with Crippen LogP contribution in [0.3, 0.4) is 0 Å². The zero-order valence-electron chi connectivity index (χ0n) is 9.95. The van der Waals surface area contributed by atoms with Gasteiger partial charge < -0.3 is 10.4 Å². The fraction of sp³-hybridized carbons (Fsp3) is 0.0769. The van der Waals surface area contributed by atoms with E-state index in [1.54, 1.807) is 19.1 Å². The number of phenols is 1. The van der Waals surface area contributed by atoms with E-state index in [0.717, 1.165) is 0 Å². The van der Waals surface area contributed by atoms with Gasteiger partial charge in [0.1, 0.15) is 0 Å². The number of anilines is 1. The minimum Gasteiger partial charge on any atom is -0.504 e. The Kier molecular flexibility index (Phi) is 3.93. The van der Waals surface area contributed by atoms with Gasteiger partial charge in [-0.25, -0.2) is 0 Å². The number of aromatic hydroxyl groups is 1. The number of amides is 1. The first-order valence-corrected chi connectivity index (χ1v) is 6.15. The number of rotatable bonds is 2. The Balaban J connectivity index is 2.32. The van der Waals surface area contributed by atoms with Crippen molar-refractivity contribution in [3.8, 4) is 5.75 Å². The van der Waals surface area contributed by atoms with Crippen molar-refractivity contribution in [3.05, 3.63) is 51.8 Å². The zero-order valence-corrected chi connectivity index (χ0v) is 11.5. The van der Waals surface area contributed by atoms with Crippen molar-refractivity contribution < 1.29 is 9.90 Å². The van der Waals surface area contributed by atoms with Gasteiger partial charge in [-0.1, -0.05) is 23.2 Å². The molecule has 0 unspecified atom stereocenters. The van der Waals surface area contributed by atoms with Crippen LogP contribution in [0.5, 0.6) is 5.75 Å². The summed E-state index contributed by atoms with van der Waals surface area (Å²) in [5.74, 6) is -0.584. The Hall–Kier alpha value is -1.78. The average molecular weight is 297 g/mol. The van der Waals surface area contributed by atoms with E-state index < -0.39 is 0 Å². The molecule has 0 saturated heterocycles. The van der Waals surface area contributed by atoms with Crippen LogP contribution in [0.15, 0.2) is 30.6 Å². The van der Waals surface area contributed by atoms with Crippen LogP contribution in [0.25, 0.3) is 0 Å². The van der Waals surface area contributed by atoms with Crippen molar-refractivity contribution in [3.63, 3.8) is 0 Å². The number of hydrogen-bond acceptors (Lipinski definition) is 3. The Bertz CT molecular complexity index is 630. The number of nitrogens with one attached hydrogen (secondary N) is 1. The molecule has 2 rings (SSSR count). The maximum absolute atomic E-state index is 11.9. The molecule has 0 bridgehead atoms. The highest BCUT2D eigenvalue weighted by molar-refractivity contribution is 6.37. The lowest BCUT2D eigenvalue weighted by Gasteiger charge is -2.11. The van der Waals surface area contributed by atoms with Crippen molar-refractivity contribution >= 4 is 34.8 Å². The molecule has 1 heterocycles. The Labute approximate surface area is 120 Å². The van der Waals surface area contributed by atoms with E-state index >= 15 is 0 Å². The molecule has 1 amide bonds. The summed E-state index contributed by atoms with van der Waals surface area (Å²) in [6.07, 6.45) is 3.01. The van der Waals surface area contributed by atoms with Gasteiger partial charge in [0.05, 0.1) is 10.7 Å². The standard InChI is InChI=1S/C13H10Cl2N2O2/c1-7-9(14)6-10(12(18)11(7)15)17-13(19)8-2-4-16-5-3-8/h2-6,18H,1H3,(H,17,19). The van der Waals surface area contributed by atoms with Crippen LogP contribution < -0.4 is 5.32 Å². The molecule has 4 nitrogen and oxygen atoms in total. The first-order valence-electron chi connectivity index (χ1n) is 5.39. The highest BCUT2D eigenvalue weighted by Gasteiger charge is 2.15. The van der Waals surface area contributed by atoms with E-state index in [0.29, 0.717) is 16.1 Å². The third-order valence-corrected chi connectivity index (χ3v) is 3.47. The normalized spacial score (nSPS) is 10.3. The largest absolute Gasteiger partial charge is 0.504 e. The van der Waals surface area contributed by atoms with Gasteiger partial charge in [-0.2, -0.15) is 0 Å². The summed E-state index contributed by atoms with van der Waals surface area (Å²) in [5, 5.41) is 12.9. The fourth-order valence-corrected chi connectivity index (χ4v) is 1.95. The van der Waals surface area contributed by atoms with Crippen molar-refractivity contribution in [1.29, 1.82) is 0 Å². The fourth-order valence-electron chi connectivity index (χ4n) is 1.50. The molecule has 0 fully saturated rings. The number of carbonyl (C=O) groups is 1. The molecule has 2 N–H and O–H groups in total. The number of halogens is 2. The molecule has 19 heavy (non-hydrogen) atoms. The van der Waals surface area contributed by atoms with E-state index in [2.05, 4.69) is 10.3 Å². The molecular weight excluding hydrogens is 287 g/mol. The van der Waals surface area contributed by atoms with E-state index in [1.807, 2.05) is 0 Å². The highest BCUT2D eigenvalue weighted by atomic mass is 35.5. The van der Waals surface area contributed by atoms with Crippen LogP contribution in [-0.4, -0.2) is 16.0 Å². The van der Waals surface area contributed by atoms with Gasteiger partial charge >= 0.3 is 0 Å². The Morgan fingerprint density at radius 1 is 1.32 bits per heavy atom. The van der Waals surface area contributed by atoms with Crippen LogP contribution in [0.4, 0.5) is 5.69 Å². The van der Waals surface area contributed by atoms with Gasteiger partial charge in [0.15, 0.2) is 5.75 Å². The number of carbonyl (C=O) groups excluding carboxylic acids is 1. The number of phenolic OH excluding ortho intramolecular Hbond substituents is 1. The van der Waals surface area contributed by atoms with Gasteiger partial charge in [-0.05, 0) is 30.7 Å². The summed E-state index contributed by atoms with van der Waals surface area (Å²) < 4.78 is 0. The minimum atomic E-state index is -0.381. The second kappa shape index (κ2) is 5.47. The van der Waals surface area contributed by atoms with Crippen molar-refractivity contribution in [2.75, 3.05) is 5.32 Å². The predicted octanol–water partition coefficient (Wildman–Crippen LogP) is 3.65. The van der Waals surface area contributed by atoms with Gasteiger partial charge in [0.2, 0.25) is 0 Å². The third-order valence-electron chi connectivity index (χ3n) is 2.61. The number of hydrogen-bond donors (Lipinski definition) is 2. The Morgan fingerprint density at radius 2 is 1.95 bits per heavy atom. The average Bonchev–Trinajstić information content (AvgIpc) is 2.43. The second-order valence-electron chi connectivity index (χ2n) is 3.88. The molecule has 0 spiro atoms. The molecule has 1 aromatic carbocycles. The van der Waals surface area contributed by atoms with Crippen LogP contribution in [0.2, 0.25) is 10.0 Å². The van der Waals surface area contributed by atoms with E-state index in [-0.39, 0.29) is 22.4 Å². The SMILES string of the molecule is Cc1c(Cl)cc(NC(=O)c2ccncc2)c(O)c1Cl. The first kappa shape index (κ1) is 13.6. The lowest BCUT2D eigenvalue weighted by Crippen LogP contribution is -2.12. The highest BCUT2D eigenvalue weighted by Crippen LogP contribution is 2.38. The molecule has 0 radical (unpaired) electrons. The first-order chi connectivity index (χ1) is 9.00. The summed E-state index contributed by atoms with van der Waals surface area (Å²) in [5.41, 5.74) is 1.15. The number of pyridine rings is 1. The van der Waals surface area contributed by atoms with E-state index in [1.165, 1.54) is 18.5 Å². The molecule has 98 valence electrons. The predicted molar refractivity (Wildman–Crippen MR) is 75.1 cm³/mol. The number of benzene rings is 1. The summed E-state index contributed by atoms with van der Waals surface area (Å²) in [6.45, 7) is 1.68. The lowest BCUT2D eigenvalue weighted by atomic mass is 10.2. The Morgan fingerprint density at radius 3 is 2.58 bits per heavy atom. The van der Waals surface area contributed by atoms with Crippen molar-refractivity contribution in [2.45, 2.75) is 6.92 Å². The topological polar surface area (TPSA) is 62.2 Å². The summed E-state index contributed by atoms with van der Waals surface area (Å²) in [4.78, 5) is 15.8. The van der Waals surface area contributed by atoms with Crippen LogP contribution in [0, 0.1) is 6.92 Å². The molecule has 0 aliphatic rings. The molecule has 0 saturated carbocycles. The van der Waals surface area contributed by atoms with Gasteiger partial charge in [0, 0.05) is 23.0 Å². The maximum Gasteiger partial charge on any atom is 0.255 e. The van der Waals surface area contributed by atoms with Crippen molar-refractivity contribution in [1.82, 2.24) is 4.98 Å². The quantitative estimate of drug-likeness (QED) is 0.832. The molecule has 0 aliphatic carbocycles. The molecule has 0 atom stereocenters. The maximum atomic E-state index is 11.9. The monoisotopic (exact) mass is 296 g/mol. The minimum absolute atomic E-state index is 0.123. The van der Waals surface area contributed by atoms with Crippen molar-refractivity contribution in [2.24, 2.45) is 0 Å². The summed E-state index contributed by atoms with van der Waals surface area (Å²) >= 11 is 11.9. The summed E-state index contributed by atoms with van der Waals surface area (Å²) in [7, 11) is 0. The van der Waals surface area contributed by atoms with Gasteiger partial charge in [-0.3, -0.25) is 9.78 Å². The molecule has 0 aliphatic heterocycles. The number of aromatic nitrogens is 1. The smallest absolute Gasteiger partial charge is 0.255 e. The third kappa shape index (κ3) is 2.80. The number of nitrogens with zero attached hydrogens (tertiary/aromatic N) is 1. The molecule has 1 aromatic heterocycles. The molecule has 2 aromatic rings. The summed E-state index contributed by atoms with van der Waals surface area (Å²) in [6, 6.07) is 4.57. The van der Waals surface area contributed by atoms with Crippen LogP contribution >= 0.6 is 23.2 Å². The van der Waals surface area contributed by atoms with E-state index in [9.17, 15) is 9.90 Å². The van der Waals surface area contributed by atoms with Crippen LogP contribution in [-0.2, 0) is 0 Å². The molecule has 6 heteroatoms. The lowest BCUT2D eigenvalue weighted by molar-refractivity contribution is 0.102. The second-order valence-corrected chi connectivity index (χ2v) is 4.67.